The maximum Gasteiger partial charge on any atom is 0.142 e. The molecule has 0 aliphatic rings. The van der Waals surface area contributed by atoms with Crippen molar-refractivity contribution in [2.45, 2.75) is 6.92 Å². The monoisotopic (exact) mass is 197 g/mol. The molecule has 0 aromatic heterocycles. The Kier molecular flexibility index (Phi) is 3.73. The second-order valence-electron chi connectivity index (χ2n) is 2.47. The van der Waals surface area contributed by atoms with Gasteiger partial charge in [-0.1, -0.05) is 11.6 Å². The Balaban J connectivity index is 2.92. The van der Waals surface area contributed by atoms with E-state index in [0.717, 1.165) is 5.56 Å². The minimum Gasteiger partial charge on any atom is -0.308 e. The van der Waals surface area contributed by atoms with Crippen LogP contribution < -0.4 is 11.3 Å². The van der Waals surface area contributed by atoms with E-state index in [1.807, 2.05) is 19.1 Å². The summed E-state index contributed by atoms with van der Waals surface area (Å²) in [5, 5.41) is 0.705. The predicted molar refractivity (Wildman–Crippen MR) is 55.9 cm³/mol. The average molecular weight is 198 g/mol. The molecule has 0 spiro atoms. The van der Waals surface area contributed by atoms with Crippen LogP contribution in [0.25, 0.3) is 0 Å². The Morgan fingerprint density at radius 2 is 2.08 bits per heavy atom. The first-order chi connectivity index (χ1) is 6.27. The fourth-order valence-corrected chi connectivity index (χ4v) is 1.11. The first-order valence-corrected chi connectivity index (χ1v) is 4.42. The van der Waals surface area contributed by atoms with Gasteiger partial charge in [0.2, 0.25) is 0 Å². The minimum absolute atomic E-state index is 0.680. The molecular weight excluding hydrogens is 186 g/mol. The van der Waals surface area contributed by atoms with Crippen LogP contribution in [-0.2, 0) is 0 Å². The number of aliphatic imine (C=N–C) groups is 1. The molecule has 0 fully saturated rings. The zero-order chi connectivity index (χ0) is 9.68. The number of hydrazine groups is 1. The third-order valence-corrected chi connectivity index (χ3v) is 1.82. The predicted octanol–water partition coefficient (Wildman–Crippen LogP) is 1.57. The van der Waals surface area contributed by atoms with Gasteiger partial charge in [-0.05, 0) is 31.2 Å². The van der Waals surface area contributed by atoms with Crippen molar-refractivity contribution < 1.29 is 0 Å². The summed E-state index contributed by atoms with van der Waals surface area (Å²) in [5.74, 6) is 5.99. The molecule has 13 heavy (non-hydrogen) atoms. The number of halogens is 1. The molecule has 0 saturated heterocycles. The highest BCUT2D eigenvalue weighted by Gasteiger charge is 1.99. The van der Waals surface area contributed by atoms with Crippen LogP contribution in [0.5, 0.6) is 0 Å². The highest BCUT2D eigenvalue weighted by atomic mass is 35.5. The van der Waals surface area contributed by atoms with Crippen LogP contribution in [0.15, 0.2) is 29.3 Å². The van der Waals surface area contributed by atoms with Crippen LogP contribution in [0.1, 0.15) is 12.5 Å². The smallest absolute Gasteiger partial charge is 0.142 e. The lowest BCUT2D eigenvalue weighted by atomic mass is 10.2. The van der Waals surface area contributed by atoms with Crippen molar-refractivity contribution in [1.29, 1.82) is 0 Å². The molecule has 0 radical (unpaired) electrons. The zero-order valence-corrected chi connectivity index (χ0v) is 8.17. The molecule has 4 heteroatoms. The highest BCUT2D eigenvalue weighted by molar-refractivity contribution is 6.30. The van der Waals surface area contributed by atoms with Gasteiger partial charge in [0.15, 0.2) is 0 Å². The van der Waals surface area contributed by atoms with E-state index < -0.39 is 0 Å². The molecule has 1 aromatic rings. The maximum atomic E-state index is 5.75. The molecule has 0 saturated carbocycles. The van der Waals surface area contributed by atoms with Gasteiger partial charge in [0.25, 0.3) is 0 Å². The summed E-state index contributed by atoms with van der Waals surface area (Å²) < 4.78 is 0. The second-order valence-corrected chi connectivity index (χ2v) is 2.91. The summed E-state index contributed by atoms with van der Waals surface area (Å²) in [6.45, 7) is 2.65. The number of nitrogens with zero attached hydrogens (tertiary/aromatic N) is 1. The number of nitrogens with two attached hydrogens (primary N) is 1. The Hall–Kier alpha value is -1.06. The Labute approximate surface area is 82.6 Å². The molecule has 0 heterocycles. The average Bonchev–Trinajstić information content (AvgIpc) is 2.16. The normalized spacial score (nSPS) is 11.5. The van der Waals surface area contributed by atoms with E-state index in [9.17, 15) is 0 Å². The van der Waals surface area contributed by atoms with Gasteiger partial charge in [0.05, 0.1) is 0 Å². The lowest BCUT2D eigenvalue weighted by Crippen LogP contribution is -2.31. The SMILES string of the molecule is CCN=C(NN)c1ccc(Cl)cc1. The number of benzene rings is 1. The van der Waals surface area contributed by atoms with Crippen molar-refractivity contribution >= 4 is 17.4 Å². The first-order valence-electron chi connectivity index (χ1n) is 4.05. The van der Waals surface area contributed by atoms with Crippen molar-refractivity contribution in [3.63, 3.8) is 0 Å². The molecule has 0 aliphatic carbocycles. The summed E-state index contributed by atoms with van der Waals surface area (Å²) in [7, 11) is 0. The van der Waals surface area contributed by atoms with Crippen LogP contribution in [0.2, 0.25) is 5.02 Å². The van der Waals surface area contributed by atoms with Crippen LogP contribution in [0.3, 0.4) is 0 Å². The fourth-order valence-electron chi connectivity index (χ4n) is 0.986. The van der Waals surface area contributed by atoms with E-state index >= 15 is 0 Å². The quantitative estimate of drug-likeness (QED) is 0.327. The second kappa shape index (κ2) is 4.84. The molecule has 0 aliphatic heterocycles. The molecule has 3 nitrogen and oxygen atoms in total. The van der Waals surface area contributed by atoms with Crippen LogP contribution >= 0.6 is 11.6 Å². The van der Waals surface area contributed by atoms with Gasteiger partial charge in [-0.2, -0.15) is 0 Å². The Morgan fingerprint density at radius 3 is 2.54 bits per heavy atom. The first kappa shape index (κ1) is 10.0. The third-order valence-electron chi connectivity index (χ3n) is 1.57. The van der Waals surface area contributed by atoms with Gasteiger partial charge >= 0.3 is 0 Å². The van der Waals surface area contributed by atoms with Crippen LogP contribution in [-0.4, -0.2) is 12.4 Å². The van der Waals surface area contributed by atoms with Crippen molar-refractivity contribution in [3.8, 4) is 0 Å². The number of nitrogens with one attached hydrogen (secondary N) is 1. The number of amidine groups is 1. The van der Waals surface area contributed by atoms with Gasteiger partial charge in [-0.3, -0.25) is 4.99 Å². The van der Waals surface area contributed by atoms with Gasteiger partial charge in [-0.15, -0.1) is 0 Å². The maximum absolute atomic E-state index is 5.75. The number of hydrogen-bond donors (Lipinski definition) is 2. The number of hydrogen-bond acceptors (Lipinski definition) is 2. The lowest BCUT2D eigenvalue weighted by Gasteiger charge is -2.04. The van der Waals surface area contributed by atoms with E-state index in [0.29, 0.717) is 17.4 Å². The molecule has 70 valence electrons. The summed E-state index contributed by atoms with van der Waals surface area (Å²) in [6.07, 6.45) is 0. The summed E-state index contributed by atoms with van der Waals surface area (Å²) in [4.78, 5) is 4.18. The molecule has 0 bridgehead atoms. The van der Waals surface area contributed by atoms with Gasteiger partial charge in [0, 0.05) is 17.1 Å². The van der Waals surface area contributed by atoms with E-state index in [1.165, 1.54) is 0 Å². The molecule has 0 unspecified atom stereocenters. The Morgan fingerprint density at radius 1 is 1.46 bits per heavy atom. The van der Waals surface area contributed by atoms with Gasteiger partial charge < -0.3 is 5.43 Å². The summed E-state index contributed by atoms with van der Waals surface area (Å²) >= 11 is 5.75. The topological polar surface area (TPSA) is 50.4 Å². The molecule has 1 rings (SSSR count). The van der Waals surface area contributed by atoms with E-state index in [2.05, 4.69) is 10.4 Å². The summed E-state index contributed by atoms with van der Waals surface area (Å²) in [5.41, 5.74) is 3.48. The minimum atomic E-state index is 0.680. The Bertz CT molecular complexity index is 292. The lowest BCUT2D eigenvalue weighted by molar-refractivity contribution is 0.991. The van der Waals surface area contributed by atoms with E-state index in [1.54, 1.807) is 12.1 Å². The van der Waals surface area contributed by atoms with E-state index in [4.69, 9.17) is 17.4 Å². The van der Waals surface area contributed by atoms with Crippen LogP contribution in [0.4, 0.5) is 0 Å². The molecule has 1 aromatic carbocycles. The molecule has 0 amide bonds. The van der Waals surface area contributed by atoms with Crippen molar-refractivity contribution in [2.24, 2.45) is 10.8 Å². The molecular formula is C9H12ClN3. The van der Waals surface area contributed by atoms with Crippen LogP contribution in [0, 0.1) is 0 Å². The van der Waals surface area contributed by atoms with E-state index in [-0.39, 0.29) is 0 Å². The van der Waals surface area contributed by atoms with Crippen molar-refractivity contribution in [3.05, 3.63) is 34.9 Å². The molecule has 3 N–H and O–H groups in total. The third kappa shape index (κ3) is 2.72. The van der Waals surface area contributed by atoms with Crippen molar-refractivity contribution in [2.75, 3.05) is 6.54 Å². The summed E-state index contributed by atoms with van der Waals surface area (Å²) in [6, 6.07) is 7.35. The number of rotatable bonds is 2. The standard InChI is InChI=1S/C9H12ClN3/c1-2-12-9(13-11)7-3-5-8(10)6-4-7/h3-6H,2,11H2,1H3,(H,12,13). The fraction of sp³-hybridized carbons (Fsp3) is 0.222. The highest BCUT2D eigenvalue weighted by Crippen LogP contribution is 2.09. The zero-order valence-electron chi connectivity index (χ0n) is 7.42. The van der Waals surface area contributed by atoms with Gasteiger partial charge in [-0.25, -0.2) is 5.84 Å². The van der Waals surface area contributed by atoms with Crippen molar-refractivity contribution in [1.82, 2.24) is 5.43 Å². The van der Waals surface area contributed by atoms with Gasteiger partial charge in [0.1, 0.15) is 5.84 Å². The molecule has 0 atom stereocenters. The largest absolute Gasteiger partial charge is 0.308 e.